The van der Waals surface area contributed by atoms with E-state index in [1.165, 1.54) is 11.8 Å². The minimum atomic E-state index is -0.445. The molecular weight excluding hydrogens is 366 g/mol. The van der Waals surface area contributed by atoms with Crippen molar-refractivity contribution in [1.29, 1.82) is 0 Å². The van der Waals surface area contributed by atoms with Gasteiger partial charge in [-0.15, -0.1) is 6.58 Å². The summed E-state index contributed by atoms with van der Waals surface area (Å²) in [5, 5.41) is 3.35. The Hall–Kier alpha value is -2.74. The van der Waals surface area contributed by atoms with Crippen LogP contribution in [0, 0.1) is 0 Å². The Bertz CT molecular complexity index is 955. The van der Waals surface area contributed by atoms with Crippen molar-refractivity contribution in [2.75, 3.05) is 25.3 Å². The lowest BCUT2D eigenvalue weighted by atomic mass is 9.86. The first-order valence-electron chi connectivity index (χ1n) is 8.36. The molecule has 1 atom stereocenters. The second-order valence-corrected chi connectivity index (χ2v) is 7.02. The van der Waals surface area contributed by atoms with Crippen LogP contribution >= 0.6 is 11.8 Å². The number of fused-ring (bicyclic) bond motifs is 1. The molecule has 27 heavy (non-hydrogen) atoms. The third-order valence-corrected chi connectivity index (χ3v) is 5.47. The van der Waals surface area contributed by atoms with E-state index in [-0.39, 0.29) is 17.9 Å². The van der Waals surface area contributed by atoms with Crippen molar-refractivity contribution in [2.24, 2.45) is 7.05 Å². The number of methoxy groups -OCH3 is 2. The highest BCUT2D eigenvalue weighted by Gasteiger charge is 2.33. The van der Waals surface area contributed by atoms with Gasteiger partial charge in [-0.3, -0.25) is 9.59 Å². The molecule has 1 aromatic carbocycles. The van der Waals surface area contributed by atoms with Crippen LogP contribution in [0.5, 0.6) is 11.5 Å². The van der Waals surface area contributed by atoms with Crippen molar-refractivity contribution in [1.82, 2.24) is 9.55 Å². The number of carbonyl (C=O) groups excluding carboxylic acids is 1. The second-order valence-electron chi connectivity index (χ2n) is 6.03. The van der Waals surface area contributed by atoms with Crippen LogP contribution in [-0.4, -0.2) is 35.4 Å². The van der Waals surface area contributed by atoms with Gasteiger partial charge < -0.3 is 19.4 Å². The number of hydrogen-bond acceptors (Lipinski definition) is 6. The van der Waals surface area contributed by atoms with Gasteiger partial charge in [-0.1, -0.05) is 23.9 Å². The largest absolute Gasteiger partial charge is 0.497 e. The molecule has 0 saturated heterocycles. The van der Waals surface area contributed by atoms with Gasteiger partial charge in [0.1, 0.15) is 17.3 Å². The van der Waals surface area contributed by atoms with Gasteiger partial charge in [-0.25, -0.2) is 0 Å². The Morgan fingerprint density at radius 1 is 1.37 bits per heavy atom. The molecule has 0 fully saturated rings. The predicted octanol–water partition coefficient (Wildman–Crippen LogP) is 2.55. The average Bonchev–Trinajstić information content (AvgIpc) is 2.68. The molecule has 1 amide bonds. The van der Waals surface area contributed by atoms with Gasteiger partial charge in [0.05, 0.1) is 19.8 Å². The van der Waals surface area contributed by atoms with Crippen LogP contribution < -0.4 is 20.3 Å². The quantitative estimate of drug-likeness (QED) is 0.466. The monoisotopic (exact) mass is 387 g/mol. The molecular formula is C19H21N3O4S. The molecule has 0 radical (unpaired) electrons. The van der Waals surface area contributed by atoms with Gasteiger partial charge in [-0.2, -0.15) is 4.98 Å². The summed E-state index contributed by atoms with van der Waals surface area (Å²) < 4.78 is 12.5. The second kappa shape index (κ2) is 7.87. The number of aromatic nitrogens is 2. The maximum absolute atomic E-state index is 12.8. The van der Waals surface area contributed by atoms with Crippen molar-refractivity contribution < 1.29 is 14.3 Å². The molecule has 2 aromatic rings. The normalized spacial score (nSPS) is 15.7. The number of benzene rings is 1. The first kappa shape index (κ1) is 19.0. The van der Waals surface area contributed by atoms with Crippen LogP contribution in [0.25, 0.3) is 0 Å². The minimum Gasteiger partial charge on any atom is -0.497 e. The van der Waals surface area contributed by atoms with Crippen molar-refractivity contribution >= 4 is 23.5 Å². The zero-order chi connectivity index (χ0) is 19.6. The number of nitrogens with zero attached hydrogens (tertiary/aromatic N) is 2. The lowest BCUT2D eigenvalue weighted by Gasteiger charge is -2.28. The number of thioether (sulfide) groups is 1. The maximum atomic E-state index is 12.8. The lowest BCUT2D eigenvalue weighted by Crippen LogP contribution is -2.33. The zero-order valence-corrected chi connectivity index (χ0v) is 16.3. The number of anilines is 1. The third kappa shape index (κ3) is 3.57. The van der Waals surface area contributed by atoms with E-state index in [1.807, 2.05) is 6.07 Å². The molecule has 1 N–H and O–H groups in total. The summed E-state index contributed by atoms with van der Waals surface area (Å²) in [5.41, 5.74) is 0.862. The average molecular weight is 387 g/mol. The number of amides is 1. The third-order valence-electron chi connectivity index (χ3n) is 4.45. The SMILES string of the molecule is C=CCSc1nc(=O)c2c(n1C)NC(=O)CC2c1ccc(OC)cc1OC. The van der Waals surface area contributed by atoms with E-state index in [2.05, 4.69) is 16.9 Å². The van der Waals surface area contributed by atoms with E-state index in [0.29, 0.717) is 33.8 Å². The smallest absolute Gasteiger partial charge is 0.279 e. The maximum Gasteiger partial charge on any atom is 0.279 e. The molecule has 1 aliphatic rings. The number of rotatable bonds is 6. The van der Waals surface area contributed by atoms with E-state index < -0.39 is 5.92 Å². The summed E-state index contributed by atoms with van der Waals surface area (Å²) >= 11 is 1.39. The van der Waals surface area contributed by atoms with Gasteiger partial charge in [-0.05, 0) is 6.07 Å². The van der Waals surface area contributed by atoms with Crippen molar-refractivity contribution in [3.63, 3.8) is 0 Å². The van der Waals surface area contributed by atoms with Crippen LogP contribution in [0.3, 0.4) is 0 Å². The molecule has 3 rings (SSSR count). The summed E-state index contributed by atoms with van der Waals surface area (Å²) in [4.78, 5) is 29.4. The Balaban J connectivity index is 2.17. The Labute approximate surface area is 161 Å². The summed E-state index contributed by atoms with van der Waals surface area (Å²) in [6, 6.07) is 5.36. The first-order valence-corrected chi connectivity index (χ1v) is 9.35. The summed E-state index contributed by atoms with van der Waals surface area (Å²) in [7, 11) is 4.90. The van der Waals surface area contributed by atoms with Crippen molar-refractivity contribution in [2.45, 2.75) is 17.5 Å². The van der Waals surface area contributed by atoms with Crippen LogP contribution in [-0.2, 0) is 11.8 Å². The van der Waals surface area contributed by atoms with Gasteiger partial charge in [0.25, 0.3) is 5.56 Å². The highest BCUT2D eigenvalue weighted by Crippen LogP contribution is 2.40. The van der Waals surface area contributed by atoms with Crippen LogP contribution in [0.15, 0.2) is 40.8 Å². The molecule has 142 valence electrons. The van der Waals surface area contributed by atoms with E-state index in [9.17, 15) is 9.59 Å². The molecule has 8 heteroatoms. The van der Waals surface area contributed by atoms with E-state index in [1.54, 1.807) is 44.0 Å². The topological polar surface area (TPSA) is 82.5 Å². The molecule has 0 saturated carbocycles. The van der Waals surface area contributed by atoms with Gasteiger partial charge in [0, 0.05) is 36.8 Å². The minimum absolute atomic E-state index is 0.145. The number of ether oxygens (including phenoxy) is 2. The molecule has 0 spiro atoms. The summed E-state index contributed by atoms with van der Waals surface area (Å²) in [5.74, 6) is 1.68. The Morgan fingerprint density at radius 3 is 2.81 bits per heavy atom. The van der Waals surface area contributed by atoms with Crippen molar-refractivity contribution in [3.8, 4) is 11.5 Å². The number of nitrogens with one attached hydrogen (secondary N) is 1. The predicted molar refractivity (Wildman–Crippen MR) is 105 cm³/mol. The molecule has 1 aromatic heterocycles. The number of hydrogen-bond donors (Lipinski definition) is 1. The first-order chi connectivity index (χ1) is 13.0. The molecule has 2 heterocycles. The molecule has 1 unspecified atom stereocenters. The molecule has 0 bridgehead atoms. The number of carbonyl (C=O) groups is 1. The van der Waals surface area contributed by atoms with E-state index in [0.717, 1.165) is 5.56 Å². The fraction of sp³-hybridized carbons (Fsp3) is 0.316. The summed E-state index contributed by atoms with van der Waals surface area (Å²) in [6.07, 6.45) is 1.88. The van der Waals surface area contributed by atoms with Crippen LogP contribution in [0.4, 0.5) is 5.82 Å². The zero-order valence-electron chi connectivity index (χ0n) is 15.4. The highest BCUT2D eigenvalue weighted by molar-refractivity contribution is 7.99. The molecule has 7 nitrogen and oxygen atoms in total. The van der Waals surface area contributed by atoms with E-state index >= 15 is 0 Å². The standard InChI is InChI=1S/C19H21N3O4S/c1-5-8-27-19-21-18(24)16-13(10-15(23)20-17(16)22(19)2)12-7-6-11(25-3)9-14(12)26-4/h5-7,9,13H,1,8,10H2,2-4H3,(H,20,23). The molecule has 0 aliphatic carbocycles. The van der Waals surface area contributed by atoms with Gasteiger partial charge >= 0.3 is 0 Å². The van der Waals surface area contributed by atoms with Crippen molar-refractivity contribution in [3.05, 3.63) is 52.3 Å². The van der Waals surface area contributed by atoms with E-state index in [4.69, 9.17) is 9.47 Å². The van der Waals surface area contributed by atoms with Gasteiger partial charge in [0.2, 0.25) is 5.91 Å². The Morgan fingerprint density at radius 2 is 2.15 bits per heavy atom. The van der Waals surface area contributed by atoms with Gasteiger partial charge in [0.15, 0.2) is 5.16 Å². The fourth-order valence-corrected chi connectivity index (χ4v) is 3.87. The lowest BCUT2D eigenvalue weighted by molar-refractivity contribution is -0.116. The van der Waals surface area contributed by atoms with Crippen LogP contribution in [0.1, 0.15) is 23.5 Å². The van der Waals surface area contributed by atoms with Crippen LogP contribution in [0.2, 0.25) is 0 Å². The molecule has 1 aliphatic heterocycles. The fourth-order valence-electron chi connectivity index (χ4n) is 3.17. The summed E-state index contributed by atoms with van der Waals surface area (Å²) in [6.45, 7) is 3.68. The Kier molecular flexibility index (Phi) is 5.55. The highest BCUT2D eigenvalue weighted by atomic mass is 32.2.